The second-order valence-electron chi connectivity index (χ2n) is 4.99. The van der Waals surface area contributed by atoms with Crippen molar-refractivity contribution >= 4 is 0 Å². The molecule has 1 N–H and O–H groups in total. The van der Waals surface area contributed by atoms with E-state index < -0.39 is 0 Å². The van der Waals surface area contributed by atoms with Crippen LogP contribution in [0.1, 0.15) is 42.6 Å². The highest BCUT2D eigenvalue weighted by Gasteiger charge is 2.12. The van der Waals surface area contributed by atoms with Gasteiger partial charge in [0.25, 0.3) is 0 Å². The molecular formula is C15H25NO. The maximum atomic E-state index is 10.3. The first-order chi connectivity index (χ1) is 8.04. The highest BCUT2D eigenvalue weighted by Crippen LogP contribution is 2.19. The molecule has 0 aliphatic heterocycles. The van der Waals surface area contributed by atoms with Gasteiger partial charge in [0.2, 0.25) is 0 Å². The SMILES string of the molecule is CCCCN(C)CC(O)c1cc(C)ccc1C. The average Bonchev–Trinajstić information content (AvgIpc) is 2.29. The zero-order chi connectivity index (χ0) is 12.8. The maximum Gasteiger partial charge on any atom is 0.0919 e. The van der Waals surface area contributed by atoms with Crippen molar-refractivity contribution in [3.05, 3.63) is 34.9 Å². The van der Waals surface area contributed by atoms with E-state index in [1.165, 1.54) is 24.0 Å². The van der Waals surface area contributed by atoms with Crippen LogP contribution >= 0.6 is 0 Å². The number of benzene rings is 1. The molecule has 0 aliphatic rings. The summed E-state index contributed by atoms with van der Waals surface area (Å²) in [5, 5.41) is 10.3. The summed E-state index contributed by atoms with van der Waals surface area (Å²) in [6, 6.07) is 6.26. The first kappa shape index (κ1) is 14.2. The molecule has 0 radical (unpaired) electrons. The highest BCUT2D eigenvalue weighted by molar-refractivity contribution is 5.32. The van der Waals surface area contributed by atoms with Crippen LogP contribution in [0, 0.1) is 13.8 Å². The van der Waals surface area contributed by atoms with Crippen LogP contribution < -0.4 is 0 Å². The topological polar surface area (TPSA) is 23.5 Å². The molecule has 0 fully saturated rings. The van der Waals surface area contributed by atoms with Crippen LogP contribution in [0.25, 0.3) is 0 Å². The summed E-state index contributed by atoms with van der Waals surface area (Å²) in [6.45, 7) is 8.08. The Labute approximate surface area is 105 Å². The van der Waals surface area contributed by atoms with E-state index >= 15 is 0 Å². The lowest BCUT2D eigenvalue weighted by molar-refractivity contribution is 0.125. The Bertz CT molecular complexity index is 349. The highest BCUT2D eigenvalue weighted by atomic mass is 16.3. The molecule has 1 rings (SSSR count). The second-order valence-corrected chi connectivity index (χ2v) is 4.99. The Morgan fingerprint density at radius 2 is 2.00 bits per heavy atom. The Morgan fingerprint density at radius 1 is 1.29 bits per heavy atom. The van der Waals surface area contributed by atoms with Crippen molar-refractivity contribution in [1.82, 2.24) is 4.90 Å². The average molecular weight is 235 g/mol. The molecule has 2 heteroatoms. The van der Waals surface area contributed by atoms with Gasteiger partial charge < -0.3 is 10.0 Å². The molecule has 0 aromatic heterocycles. The van der Waals surface area contributed by atoms with Gasteiger partial charge in [0.1, 0.15) is 0 Å². The fraction of sp³-hybridized carbons (Fsp3) is 0.600. The molecule has 1 unspecified atom stereocenters. The van der Waals surface area contributed by atoms with Crippen LogP contribution in [0.3, 0.4) is 0 Å². The summed E-state index contributed by atoms with van der Waals surface area (Å²) in [5.41, 5.74) is 3.45. The van der Waals surface area contributed by atoms with E-state index in [1.807, 2.05) is 0 Å². The molecule has 0 bridgehead atoms. The minimum absolute atomic E-state index is 0.378. The smallest absolute Gasteiger partial charge is 0.0919 e. The molecule has 0 amide bonds. The molecule has 0 heterocycles. The monoisotopic (exact) mass is 235 g/mol. The predicted molar refractivity (Wildman–Crippen MR) is 73.3 cm³/mol. The van der Waals surface area contributed by atoms with Crippen molar-refractivity contribution in [2.24, 2.45) is 0 Å². The van der Waals surface area contributed by atoms with Gasteiger partial charge in [-0.05, 0) is 45.0 Å². The predicted octanol–water partition coefficient (Wildman–Crippen LogP) is 3.07. The Morgan fingerprint density at radius 3 is 2.65 bits per heavy atom. The number of hydrogen-bond donors (Lipinski definition) is 1. The van der Waals surface area contributed by atoms with Crippen LogP contribution in [0.4, 0.5) is 0 Å². The van der Waals surface area contributed by atoms with Crippen molar-refractivity contribution in [3.8, 4) is 0 Å². The van der Waals surface area contributed by atoms with Crippen LogP contribution in [-0.4, -0.2) is 30.1 Å². The van der Waals surface area contributed by atoms with E-state index in [-0.39, 0.29) is 6.10 Å². The van der Waals surface area contributed by atoms with E-state index in [4.69, 9.17) is 0 Å². The third-order valence-electron chi connectivity index (χ3n) is 3.17. The quantitative estimate of drug-likeness (QED) is 0.819. The summed E-state index contributed by atoms with van der Waals surface area (Å²) < 4.78 is 0. The molecule has 1 atom stereocenters. The normalized spacial score (nSPS) is 13.1. The Kier molecular flexibility index (Phi) is 5.66. The number of nitrogens with zero attached hydrogens (tertiary/aromatic N) is 1. The molecule has 1 aromatic carbocycles. The zero-order valence-corrected chi connectivity index (χ0v) is 11.5. The molecule has 2 nitrogen and oxygen atoms in total. The van der Waals surface area contributed by atoms with Gasteiger partial charge >= 0.3 is 0 Å². The zero-order valence-electron chi connectivity index (χ0n) is 11.5. The van der Waals surface area contributed by atoms with Crippen LogP contribution in [0.15, 0.2) is 18.2 Å². The summed E-state index contributed by atoms with van der Waals surface area (Å²) in [6.07, 6.45) is 2.01. The number of hydrogen-bond acceptors (Lipinski definition) is 2. The Hall–Kier alpha value is -0.860. The van der Waals surface area contributed by atoms with Crippen molar-refractivity contribution in [2.75, 3.05) is 20.1 Å². The number of unbranched alkanes of at least 4 members (excludes halogenated alkanes) is 1. The fourth-order valence-electron chi connectivity index (χ4n) is 2.03. The van der Waals surface area contributed by atoms with Crippen molar-refractivity contribution in [3.63, 3.8) is 0 Å². The molecule has 17 heavy (non-hydrogen) atoms. The standard InChI is InChI=1S/C15H25NO/c1-5-6-9-16(4)11-15(17)14-10-12(2)7-8-13(14)3/h7-8,10,15,17H,5-6,9,11H2,1-4H3. The summed E-state index contributed by atoms with van der Waals surface area (Å²) in [5.74, 6) is 0. The molecule has 96 valence electrons. The number of aliphatic hydroxyl groups is 1. The van der Waals surface area contributed by atoms with Gasteiger partial charge in [-0.1, -0.05) is 37.1 Å². The van der Waals surface area contributed by atoms with Crippen molar-refractivity contribution in [1.29, 1.82) is 0 Å². The van der Waals surface area contributed by atoms with Gasteiger partial charge in [0, 0.05) is 6.54 Å². The van der Waals surface area contributed by atoms with Gasteiger partial charge in [-0.3, -0.25) is 0 Å². The van der Waals surface area contributed by atoms with Gasteiger partial charge in [0.05, 0.1) is 6.10 Å². The fourth-order valence-corrected chi connectivity index (χ4v) is 2.03. The van der Waals surface area contributed by atoms with Crippen LogP contribution in [0.2, 0.25) is 0 Å². The summed E-state index contributed by atoms with van der Waals surface area (Å²) >= 11 is 0. The third-order valence-corrected chi connectivity index (χ3v) is 3.17. The van der Waals surface area contributed by atoms with Gasteiger partial charge in [0.15, 0.2) is 0 Å². The Balaban J connectivity index is 2.62. The molecule has 1 aromatic rings. The van der Waals surface area contributed by atoms with E-state index in [9.17, 15) is 5.11 Å². The largest absolute Gasteiger partial charge is 0.387 e. The number of rotatable bonds is 6. The van der Waals surface area contributed by atoms with E-state index in [0.29, 0.717) is 6.54 Å². The van der Waals surface area contributed by atoms with Gasteiger partial charge in [-0.2, -0.15) is 0 Å². The second kappa shape index (κ2) is 6.77. The minimum atomic E-state index is -0.378. The van der Waals surface area contributed by atoms with E-state index in [1.54, 1.807) is 0 Å². The van der Waals surface area contributed by atoms with Crippen LogP contribution in [-0.2, 0) is 0 Å². The third kappa shape index (κ3) is 4.49. The molecule has 0 saturated heterocycles. The lowest BCUT2D eigenvalue weighted by Gasteiger charge is -2.22. The molecule has 0 aliphatic carbocycles. The van der Waals surface area contributed by atoms with Crippen LogP contribution in [0.5, 0.6) is 0 Å². The molecule has 0 spiro atoms. The van der Waals surface area contributed by atoms with Gasteiger partial charge in [-0.25, -0.2) is 0 Å². The lowest BCUT2D eigenvalue weighted by atomic mass is 10.0. The maximum absolute atomic E-state index is 10.3. The van der Waals surface area contributed by atoms with Gasteiger partial charge in [-0.15, -0.1) is 0 Å². The minimum Gasteiger partial charge on any atom is -0.387 e. The first-order valence-corrected chi connectivity index (χ1v) is 6.48. The number of aryl methyl sites for hydroxylation is 2. The summed E-state index contributed by atoms with van der Waals surface area (Å²) in [7, 11) is 2.07. The molecular weight excluding hydrogens is 210 g/mol. The van der Waals surface area contributed by atoms with E-state index in [2.05, 4.69) is 50.9 Å². The number of aliphatic hydroxyl groups excluding tert-OH is 1. The van der Waals surface area contributed by atoms with Crippen molar-refractivity contribution < 1.29 is 5.11 Å². The van der Waals surface area contributed by atoms with E-state index in [0.717, 1.165) is 12.1 Å². The number of likely N-dealkylation sites (N-methyl/N-ethyl adjacent to an activating group) is 1. The van der Waals surface area contributed by atoms with Crippen molar-refractivity contribution in [2.45, 2.75) is 39.7 Å². The molecule has 0 saturated carbocycles. The first-order valence-electron chi connectivity index (χ1n) is 6.48. The summed E-state index contributed by atoms with van der Waals surface area (Å²) in [4.78, 5) is 2.20. The lowest BCUT2D eigenvalue weighted by Crippen LogP contribution is -2.26.